The Hall–Kier alpha value is -1.50. The first kappa shape index (κ1) is 16.4. The molecule has 0 bridgehead atoms. The molecule has 3 rings (SSSR count). The van der Waals surface area contributed by atoms with Gasteiger partial charge in [-0.1, -0.05) is 6.07 Å². The fourth-order valence-electron chi connectivity index (χ4n) is 3.61. The highest BCUT2D eigenvalue weighted by molar-refractivity contribution is 5.77. The number of carbonyl (C=O) groups excluding carboxylic acids is 1. The Labute approximate surface area is 137 Å². The molecular weight excluding hydrogens is 292 g/mol. The maximum atomic E-state index is 12.5. The molecule has 3 atom stereocenters. The van der Waals surface area contributed by atoms with Gasteiger partial charge in [0.15, 0.2) is 0 Å². The van der Waals surface area contributed by atoms with Crippen LogP contribution in [0.25, 0.3) is 0 Å². The molecule has 0 spiro atoms. The molecule has 1 aromatic rings. The SMILES string of the molecule is CC1NNC(C)C1CC(=O)NC(c1ccccn1)C1CC(O)C1. The first-order valence-electron chi connectivity index (χ1n) is 8.44. The van der Waals surface area contributed by atoms with Crippen molar-refractivity contribution in [1.82, 2.24) is 21.2 Å². The zero-order chi connectivity index (χ0) is 16.4. The van der Waals surface area contributed by atoms with Gasteiger partial charge in [0.2, 0.25) is 5.91 Å². The summed E-state index contributed by atoms with van der Waals surface area (Å²) in [6.45, 7) is 4.18. The summed E-state index contributed by atoms with van der Waals surface area (Å²) in [6.07, 6.45) is 3.44. The summed E-state index contributed by atoms with van der Waals surface area (Å²) in [5.74, 6) is 0.584. The van der Waals surface area contributed by atoms with E-state index in [0.29, 0.717) is 6.42 Å². The fraction of sp³-hybridized carbons (Fsp3) is 0.647. The minimum Gasteiger partial charge on any atom is -0.393 e. The van der Waals surface area contributed by atoms with Crippen LogP contribution in [0.2, 0.25) is 0 Å². The molecule has 23 heavy (non-hydrogen) atoms. The van der Waals surface area contributed by atoms with Gasteiger partial charge >= 0.3 is 0 Å². The number of aromatic nitrogens is 1. The Kier molecular flexibility index (Phi) is 4.94. The van der Waals surface area contributed by atoms with Gasteiger partial charge in [-0.15, -0.1) is 0 Å². The number of pyridine rings is 1. The first-order chi connectivity index (χ1) is 11.0. The maximum absolute atomic E-state index is 12.5. The van der Waals surface area contributed by atoms with Gasteiger partial charge in [-0.3, -0.25) is 20.6 Å². The second-order valence-electron chi connectivity index (χ2n) is 6.92. The van der Waals surface area contributed by atoms with Crippen molar-refractivity contribution in [3.63, 3.8) is 0 Å². The van der Waals surface area contributed by atoms with E-state index in [1.807, 2.05) is 18.2 Å². The molecule has 126 valence electrons. The topological polar surface area (TPSA) is 86.3 Å². The third kappa shape index (κ3) is 3.71. The van der Waals surface area contributed by atoms with E-state index in [1.165, 1.54) is 0 Å². The van der Waals surface area contributed by atoms with Crippen LogP contribution >= 0.6 is 0 Å². The van der Waals surface area contributed by atoms with E-state index in [1.54, 1.807) is 6.20 Å². The van der Waals surface area contributed by atoms with Gasteiger partial charge in [-0.05, 0) is 44.7 Å². The van der Waals surface area contributed by atoms with Crippen molar-refractivity contribution in [2.45, 2.75) is 57.3 Å². The summed E-state index contributed by atoms with van der Waals surface area (Å²) in [5, 5.41) is 12.8. The molecule has 4 N–H and O–H groups in total. The van der Waals surface area contributed by atoms with Crippen LogP contribution in [-0.2, 0) is 4.79 Å². The number of hydrazine groups is 1. The average molecular weight is 318 g/mol. The van der Waals surface area contributed by atoms with Crippen molar-refractivity contribution in [2.75, 3.05) is 0 Å². The van der Waals surface area contributed by atoms with Gasteiger partial charge in [-0.25, -0.2) is 0 Å². The predicted octanol–water partition coefficient (Wildman–Crippen LogP) is 0.901. The predicted molar refractivity (Wildman–Crippen MR) is 87.2 cm³/mol. The number of nitrogens with zero attached hydrogens (tertiary/aromatic N) is 1. The van der Waals surface area contributed by atoms with Crippen LogP contribution in [0, 0.1) is 11.8 Å². The van der Waals surface area contributed by atoms with E-state index >= 15 is 0 Å². The number of aliphatic hydroxyl groups is 1. The van der Waals surface area contributed by atoms with Gasteiger partial charge in [-0.2, -0.15) is 0 Å². The van der Waals surface area contributed by atoms with E-state index in [4.69, 9.17) is 0 Å². The number of rotatable bonds is 5. The van der Waals surface area contributed by atoms with Crippen LogP contribution in [0.15, 0.2) is 24.4 Å². The van der Waals surface area contributed by atoms with Crippen molar-refractivity contribution in [1.29, 1.82) is 0 Å². The zero-order valence-electron chi connectivity index (χ0n) is 13.7. The third-order valence-electron chi connectivity index (χ3n) is 5.19. The molecule has 1 amide bonds. The Morgan fingerprint density at radius 2 is 2.04 bits per heavy atom. The van der Waals surface area contributed by atoms with Crippen LogP contribution in [-0.4, -0.2) is 34.2 Å². The molecule has 1 aliphatic carbocycles. The number of hydrogen-bond acceptors (Lipinski definition) is 5. The number of aliphatic hydroxyl groups excluding tert-OH is 1. The second kappa shape index (κ2) is 6.95. The average Bonchev–Trinajstić information content (AvgIpc) is 2.83. The lowest BCUT2D eigenvalue weighted by Gasteiger charge is -2.38. The van der Waals surface area contributed by atoms with Crippen LogP contribution in [0.3, 0.4) is 0 Å². The molecule has 0 radical (unpaired) electrons. The number of hydrogen-bond donors (Lipinski definition) is 4. The van der Waals surface area contributed by atoms with E-state index in [2.05, 4.69) is 35.0 Å². The largest absolute Gasteiger partial charge is 0.393 e. The van der Waals surface area contributed by atoms with Crippen LogP contribution in [0.4, 0.5) is 0 Å². The fourth-order valence-corrected chi connectivity index (χ4v) is 3.61. The highest BCUT2D eigenvalue weighted by Crippen LogP contribution is 2.37. The molecule has 1 aromatic heterocycles. The van der Waals surface area contributed by atoms with Crippen molar-refractivity contribution in [2.24, 2.45) is 11.8 Å². The number of nitrogens with one attached hydrogen (secondary N) is 3. The minimum absolute atomic E-state index is 0.0521. The summed E-state index contributed by atoms with van der Waals surface area (Å²) in [6, 6.07) is 6.19. The molecule has 1 aliphatic heterocycles. The molecule has 1 saturated carbocycles. The maximum Gasteiger partial charge on any atom is 0.220 e. The smallest absolute Gasteiger partial charge is 0.220 e. The zero-order valence-corrected chi connectivity index (χ0v) is 13.7. The Bertz CT molecular complexity index is 523. The summed E-state index contributed by atoms with van der Waals surface area (Å²) in [7, 11) is 0. The van der Waals surface area contributed by atoms with Crippen LogP contribution in [0.1, 0.15) is 44.8 Å². The van der Waals surface area contributed by atoms with Gasteiger partial charge in [0.05, 0.1) is 17.8 Å². The number of amides is 1. The summed E-state index contributed by atoms with van der Waals surface area (Å²) < 4.78 is 0. The van der Waals surface area contributed by atoms with E-state index in [0.717, 1.165) is 18.5 Å². The van der Waals surface area contributed by atoms with Gasteiger partial charge in [0, 0.05) is 30.6 Å². The molecule has 3 unspecified atom stereocenters. The second-order valence-corrected chi connectivity index (χ2v) is 6.92. The highest BCUT2D eigenvalue weighted by Gasteiger charge is 2.37. The molecule has 1 saturated heterocycles. The van der Waals surface area contributed by atoms with Gasteiger partial charge < -0.3 is 10.4 Å². The molecule has 6 heteroatoms. The Balaban J connectivity index is 1.65. The summed E-state index contributed by atoms with van der Waals surface area (Å²) >= 11 is 0. The molecule has 2 aliphatic rings. The van der Waals surface area contributed by atoms with Crippen molar-refractivity contribution in [3.05, 3.63) is 30.1 Å². The van der Waals surface area contributed by atoms with Gasteiger partial charge in [0.25, 0.3) is 0 Å². The summed E-state index contributed by atoms with van der Waals surface area (Å²) in [5.41, 5.74) is 7.25. The summed E-state index contributed by atoms with van der Waals surface area (Å²) in [4.78, 5) is 16.9. The Morgan fingerprint density at radius 1 is 1.35 bits per heavy atom. The first-order valence-corrected chi connectivity index (χ1v) is 8.44. The molecule has 2 heterocycles. The van der Waals surface area contributed by atoms with Crippen molar-refractivity contribution >= 4 is 5.91 Å². The van der Waals surface area contributed by atoms with E-state index in [-0.39, 0.29) is 42.0 Å². The molecular formula is C17H26N4O2. The lowest BCUT2D eigenvalue weighted by atomic mass is 9.76. The molecule has 6 nitrogen and oxygen atoms in total. The Morgan fingerprint density at radius 3 is 2.61 bits per heavy atom. The standard InChI is InChI=1S/C17H26N4O2/c1-10-14(11(2)21-20-10)9-16(23)19-17(12-7-13(22)8-12)15-5-3-4-6-18-15/h3-6,10-14,17,20-22H,7-9H2,1-2H3,(H,19,23). The third-order valence-corrected chi connectivity index (χ3v) is 5.19. The quantitative estimate of drug-likeness (QED) is 0.648. The molecule has 0 aromatic carbocycles. The van der Waals surface area contributed by atoms with E-state index < -0.39 is 0 Å². The highest BCUT2D eigenvalue weighted by atomic mass is 16.3. The van der Waals surface area contributed by atoms with Crippen LogP contribution in [0.5, 0.6) is 0 Å². The minimum atomic E-state index is -0.244. The van der Waals surface area contributed by atoms with Gasteiger partial charge in [0.1, 0.15) is 0 Å². The van der Waals surface area contributed by atoms with Crippen molar-refractivity contribution < 1.29 is 9.90 Å². The van der Waals surface area contributed by atoms with Crippen molar-refractivity contribution in [3.8, 4) is 0 Å². The monoisotopic (exact) mass is 318 g/mol. The normalized spacial score (nSPS) is 34.7. The van der Waals surface area contributed by atoms with E-state index in [9.17, 15) is 9.90 Å². The van der Waals surface area contributed by atoms with Crippen LogP contribution < -0.4 is 16.2 Å². The lowest BCUT2D eigenvalue weighted by Crippen LogP contribution is -2.43. The molecule has 2 fully saturated rings. The lowest BCUT2D eigenvalue weighted by molar-refractivity contribution is -0.124. The number of carbonyl (C=O) groups is 1.